The number of nitrogens with one attached hydrogen (secondary N) is 1. The molecule has 0 fully saturated rings. The lowest BCUT2D eigenvalue weighted by Gasteiger charge is -2.15. The largest absolute Gasteiger partial charge is 0.448 e. The van der Waals surface area contributed by atoms with E-state index in [0.717, 1.165) is 42.5 Å². The maximum absolute atomic E-state index is 13.3. The summed E-state index contributed by atoms with van der Waals surface area (Å²) in [5, 5.41) is 7.26. The van der Waals surface area contributed by atoms with E-state index in [-0.39, 0.29) is 17.4 Å². The maximum Gasteiger partial charge on any atom is 0.359 e. The van der Waals surface area contributed by atoms with Gasteiger partial charge in [0.25, 0.3) is 5.91 Å². The zero-order valence-corrected chi connectivity index (χ0v) is 17.3. The lowest BCUT2D eigenvalue weighted by atomic mass is 9.95. The molecule has 1 heterocycles. The van der Waals surface area contributed by atoms with E-state index in [4.69, 9.17) is 4.74 Å². The van der Waals surface area contributed by atoms with Crippen molar-refractivity contribution in [2.45, 2.75) is 45.3 Å². The monoisotopic (exact) mass is 421 g/mol. The molecular formula is C24H24FN3O3. The molecule has 3 aromatic rings. The van der Waals surface area contributed by atoms with Crippen molar-refractivity contribution in [1.29, 1.82) is 0 Å². The molecule has 6 nitrogen and oxygen atoms in total. The molecule has 2 aromatic carbocycles. The molecule has 1 N–H and O–H groups in total. The number of halogens is 1. The van der Waals surface area contributed by atoms with Gasteiger partial charge in [-0.1, -0.05) is 30.3 Å². The van der Waals surface area contributed by atoms with Crippen molar-refractivity contribution < 1.29 is 18.7 Å². The molecule has 0 bridgehead atoms. The fourth-order valence-electron chi connectivity index (χ4n) is 3.76. The Bertz CT molecular complexity index is 1080. The van der Waals surface area contributed by atoms with Crippen molar-refractivity contribution in [3.63, 3.8) is 0 Å². The Hall–Kier alpha value is -3.48. The number of hydrogen-bond acceptors (Lipinski definition) is 4. The number of esters is 1. The third-order valence-electron chi connectivity index (χ3n) is 5.41. The van der Waals surface area contributed by atoms with Gasteiger partial charge in [-0.05, 0) is 62.4 Å². The van der Waals surface area contributed by atoms with Crippen LogP contribution in [-0.2, 0) is 28.9 Å². The molecule has 31 heavy (non-hydrogen) atoms. The third-order valence-corrected chi connectivity index (χ3v) is 5.41. The van der Waals surface area contributed by atoms with Crippen molar-refractivity contribution in [2.75, 3.05) is 0 Å². The van der Waals surface area contributed by atoms with Gasteiger partial charge in [-0.15, -0.1) is 0 Å². The minimum atomic E-state index is -0.952. The van der Waals surface area contributed by atoms with Crippen molar-refractivity contribution >= 4 is 11.9 Å². The lowest BCUT2D eigenvalue weighted by Crippen LogP contribution is -2.35. The van der Waals surface area contributed by atoms with Gasteiger partial charge in [0.2, 0.25) is 0 Å². The summed E-state index contributed by atoms with van der Waals surface area (Å²) in [6.07, 6.45) is 2.49. The molecule has 0 aliphatic heterocycles. The molecule has 1 unspecified atom stereocenters. The lowest BCUT2D eigenvalue weighted by molar-refractivity contribution is -0.129. The van der Waals surface area contributed by atoms with Crippen LogP contribution in [0.1, 0.15) is 47.1 Å². The normalized spacial score (nSPS) is 13.9. The zero-order chi connectivity index (χ0) is 21.8. The highest BCUT2D eigenvalue weighted by Gasteiger charge is 2.28. The van der Waals surface area contributed by atoms with E-state index in [1.807, 2.05) is 30.3 Å². The zero-order valence-electron chi connectivity index (χ0n) is 17.3. The van der Waals surface area contributed by atoms with Crippen molar-refractivity contribution in [1.82, 2.24) is 15.1 Å². The Morgan fingerprint density at radius 3 is 2.55 bits per heavy atom. The quantitative estimate of drug-likeness (QED) is 0.615. The van der Waals surface area contributed by atoms with Gasteiger partial charge in [0.05, 0.1) is 5.69 Å². The fourth-order valence-corrected chi connectivity index (χ4v) is 3.76. The van der Waals surface area contributed by atoms with Crippen LogP contribution in [0.2, 0.25) is 0 Å². The topological polar surface area (TPSA) is 73.2 Å². The predicted octanol–water partition coefficient (Wildman–Crippen LogP) is 3.75. The van der Waals surface area contributed by atoms with Gasteiger partial charge in [-0.3, -0.25) is 4.79 Å². The predicted molar refractivity (Wildman–Crippen MR) is 113 cm³/mol. The fraction of sp³-hybridized carbons (Fsp3) is 0.292. The first-order valence-corrected chi connectivity index (χ1v) is 10.4. The first-order chi connectivity index (χ1) is 15.0. The van der Waals surface area contributed by atoms with Crippen LogP contribution in [0.25, 0.3) is 5.69 Å². The van der Waals surface area contributed by atoms with Gasteiger partial charge in [0, 0.05) is 17.8 Å². The Kier molecular flexibility index (Phi) is 6.11. The van der Waals surface area contributed by atoms with E-state index >= 15 is 0 Å². The summed E-state index contributed by atoms with van der Waals surface area (Å²) in [5.74, 6) is -1.33. The Morgan fingerprint density at radius 2 is 1.81 bits per heavy atom. The minimum Gasteiger partial charge on any atom is -0.448 e. The molecule has 1 amide bonds. The van der Waals surface area contributed by atoms with Crippen LogP contribution in [-0.4, -0.2) is 27.8 Å². The third kappa shape index (κ3) is 4.66. The first-order valence-electron chi connectivity index (χ1n) is 10.4. The second-order valence-electron chi connectivity index (χ2n) is 7.62. The summed E-state index contributed by atoms with van der Waals surface area (Å²) in [4.78, 5) is 25.2. The van der Waals surface area contributed by atoms with Crippen molar-refractivity contribution in [3.05, 3.63) is 82.9 Å². The number of hydrogen-bond donors (Lipinski definition) is 1. The summed E-state index contributed by atoms with van der Waals surface area (Å²) in [6, 6.07) is 15.5. The highest BCUT2D eigenvalue weighted by Crippen LogP contribution is 2.27. The van der Waals surface area contributed by atoms with Crippen LogP contribution < -0.4 is 5.32 Å². The molecule has 1 aliphatic rings. The van der Waals surface area contributed by atoms with E-state index in [1.54, 1.807) is 23.7 Å². The molecule has 0 radical (unpaired) electrons. The van der Waals surface area contributed by atoms with Crippen molar-refractivity contribution in [3.8, 4) is 5.69 Å². The van der Waals surface area contributed by atoms with Crippen LogP contribution in [0.15, 0.2) is 54.6 Å². The number of carbonyl (C=O) groups excluding carboxylic acids is 2. The minimum absolute atomic E-state index is 0.224. The van der Waals surface area contributed by atoms with Crippen LogP contribution in [0.4, 0.5) is 4.39 Å². The Labute approximate surface area is 180 Å². The number of rotatable bonds is 6. The summed E-state index contributed by atoms with van der Waals surface area (Å²) < 4.78 is 20.4. The SMILES string of the molecule is CC(OC(=O)c1nn(-c2ccc(F)cc2)c2c1CCCC2)C(=O)NCc1ccccc1. The summed E-state index contributed by atoms with van der Waals surface area (Å²) in [7, 11) is 0. The first kappa shape index (κ1) is 20.8. The second-order valence-corrected chi connectivity index (χ2v) is 7.62. The molecule has 4 rings (SSSR count). The smallest absolute Gasteiger partial charge is 0.359 e. The maximum atomic E-state index is 13.3. The molecule has 0 spiro atoms. The van der Waals surface area contributed by atoms with Crippen molar-refractivity contribution in [2.24, 2.45) is 0 Å². The van der Waals surface area contributed by atoms with Gasteiger partial charge >= 0.3 is 5.97 Å². The number of fused-ring (bicyclic) bond motifs is 1. The average molecular weight is 421 g/mol. The van der Waals surface area contributed by atoms with E-state index in [1.165, 1.54) is 12.1 Å². The number of ether oxygens (including phenoxy) is 1. The van der Waals surface area contributed by atoms with Crippen LogP contribution >= 0.6 is 0 Å². The van der Waals surface area contributed by atoms with E-state index in [0.29, 0.717) is 12.2 Å². The summed E-state index contributed by atoms with van der Waals surface area (Å²) in [6.45, 7) is 1.90. The van der Waals surface area contributed by atoms with Crippen LogP contribution in [0.3, 0.4) is 0 Å². The number of amides is 1. The van der Waals surface area contributed by atoms with Crippen LogP contribution in [0.5, 0.6) is 0 Å². The second kappa shape index (κ2) is 9.12. The molecule has 0 saturated heterocycles. The average Bonchev–Trinajstić information content (AvgIpc) is 3.18. The number of carbonyl (C=O) groups is 2. The Balaban J connectivity index is 1.49. The summed E-state index contributed by atoms with van der Waals surface area (Å²) >= 11 is 0. The molecule has 160 valence electrons. The molecule has 1 aliphatic carbocycles. The van der Waals surface area contributed by atoms with Crippen LogP contribution in [0, 0.1) is 5.82 Å². The van der Waals surface area contributed by atoms with Gasteiger partial charge in [-0.25, -0.2) is 13.9 Å². The molecular weight excluding hydrogens is 397 g/mol. The van der Waals surface area contributed by atoms with Gasteiger partial charge in [-0.2, -0.15) is 5.10 Å². The Morgan fingerprint density at radius 1 is 1.10 bits per heavy atom. The standard InChI is InChI=1S/C24H24FN3O3/c1-16(23(29)26-15-17-7-3-2-4-8-17)31-24(30)22-20-9-5-6-10-21(20)28(27-22)19-13-11-18(25)12-14-19/h2-4,7-8,11-14,16H,5-6,9-10,15H2,1H3,(H,26,29). The highest BCUT2D eigenvalue weighted by molar-refractivity contribution is 5.92. The van der Waals surface area contributed by atoms with Gasteiger partial charge in [0.1, 0.15) is 5.82 Å². The molecule has 0 saturated carbocycles. The number of benzene rings is 2. The van der Waals surface area contributed by atoms with Gasteiger partial charge in [0.15, 0.2) is 11.8 Å². The van der Waals surface area contributed by atoms with E-state index in [2.05, 4.69) is 10.4 Å². The summed E-state index contributed by atoms with van der Waals surface area (Å²) in [5.41, 5.74) is 3.65. The highest BCUT2D eigenvalue weighted by atomic mass is 19.1. The molecule has 1 aromatic heterocycles. The molecule has 7 heteroatoms. The van der Waals surface area contributed by atoms with Gasteiger partial charge < -0.3 is 10.1 Å². The van der Waals surface area contributed by atoms with E-state index in [9.17, 15) is 14.0 Å². The number of aromatic nitrogens is 2. The molecule has 1 atom stereocenters. The number of nitrogens with zero attached hydrogens (tertiary/aromatic N) is 2. The van der Waals surface area contributed by atoms with E-state index < -0.39 is 12.1 Å².